The number of aldehydes is 1. The minimum absolute atomic E-state index is 0.306. The molecule has 0 unspecified atom stereocenters. The maximum Gasteiger partial charge on any atom is 0.227 e. The lowest BCUT2D eigenvalue weighted by Gasteiger charge is -2.11. The van der Waals surface area contributed by atoms with Crippen LogP contribution in [0.2, 0.25) is 0 Å². The minimum Gasteiger partial charge on any atom is -0.436 e. The van der Waals surface area contributed by atoms with Gasteiger partial charge >= 0.3 is 0 Å². The normalized spacial score (nSPS) is 11.8. The van der Waals surface area contributed by atoms with Crippen LogP contribution in [-0.4, -0.2) is 15.8 Å². The molecule has 0 fully saturated rings. The fourth-order valence-corrected chi connectivity index (χ4v) is 6.02. The van der Waals surface area contributed by atoms with Crippen LogP contribution in [0.1, 0.15) is 0 Å². The average molecular weight is 503 g/mol. The smallest absolute Gasteiger partial charge is 0.227 e. The number of benzene rings is 6. The van der Waals surface area contributed by atoms with E-state index >= 15 is 0 Å². The third-order valence-corrected chi connectivity index (χ3v) is 7.75. The molecule has 0 bridgehead atoms. The van der Waals surface area contributed by atoms with Crippen molar-refractivity contribution in [3.05, 3.63) is 115 Å². The molecule has 0 saturated carbocycles. The third kappa shape index (κ3) is 3.25. The van der Waals surface area contributed by atoms with Gasteiger partial charge in [0.15, 0.2) is 5.58 Å². The summed E-state index contributed by atoms with van der Waals surface area (Å²) in [7, 11) is 0. The predicted molar refractivity (Wildman–Crippen MR) is 159 cm³/mol. The van der Waals surface area contributed by atoms with Crippen LogP contribution >= 0.6 is 0 Å². The van der Waals surface area contributed by atoms with Crippen molar-refractivity contribution < 1.29 is 9.21 Å². The number of hydrogen-bond donors (Lipinski definition) is 0. The summed E-state index contributed by atoms with van der Waals surface area (Å²) in [6.07, 6.45) is 0.988. The molecule has 0 N–H and O–H groups in total. The maximum atomic E-state index is 11.8. The molecule has 8 aromatic rings. The summed E-state index contributed by atoms with van der Waals surface area (Å²) in [5.41, 5.74) is 7.01. The highest BCUT2D eigenvalue weighted by Gasteiger charge is 2.18. The molecule has 2 aromatic heterocycles. The Hall–Kier alpha value is -5.22. The van der Waals surface area contributed by atoms with E-state index in [9.17, 15) is 4.79 Å². The second-order valence-corrected chi connectivity index (χ2v) is 9.89. The number of oxazole rings is 1. The maximum absolute atomic E-state index is 11.8. The number of carbonyl (C=O) groups is 1. The van der Waals surface area contributed by atoms with E-state index in [0.29, 0.717) is 12.4 Å². The van der Waals surface area contributed by atoms with Crippen LogP contribution in [0.4, 0.5) is 0 Å². The third-order valence-electron chi connectivity index (χ3n) is 7.75. The van der Waals surface area contributed by atoms with E-state index in [2.05, 4.69) is 101 Å². The summed E-state index contributed by atoms with van der Waals surface area (Å²) < 4.78 is 8.16. The van der Waals surface area contributed by atoms with Crippen LogP contribution in [0, 0.1) is 0 Å². The largest absolute Gasteiger partial charge is 0.436 e. The molecular weight excluding hydrogens is 480 g/mol. The molecule has 8 rings (SSSR count). The Labute approximate surface area is 223 Å². The van der Waals surface area contributed by atoms with Crippen molar-refractivity contribution in [1.82, 2.24) is 9.55 Å². The predicted octanol–water partition coefficient (Wildman–Crippen LogP) is 8.77. The Balaban J connectivity index is 1.40. The number of carbonyl (C=O) groups excluding carboxylic acids is 1. The van der Waals surface area contributed by atoms with Gasteiger partial charge in [-0.3, -0.25) is 0 Å². The van der Waals surface area contributed by atoms with Crippen molar-refractivity contribution in [3.8, 4) is 22.6 Å². The van der Waals surface area contributed by atoms with E-state index in [1.807, 2.05) is 24.3 Å². The van der Waals surface area contributed by atoms with Gasteiger partial charge in [-0.25, -0.2) is 4.98 Å². The SMILES string of the molecule is O=CCn1c2ccc3ccccc3c2c2cc(-c3ccc(-c4nc5ccccc5o4)cc3)c3ccccc3c21. The highest BCUT2D eigenvalue weighted by molar-refractivity contribution is 6.27. The van der Waals surface area contributed by atoms with Crippen molar-refractivity contribution in [2.75, 3.05) is 0 Å². The standard InChI is InChI=1S/C35H22N2O2/c38-20-19-37-31-18-17-22-7-1-2-8-25(22)33(31)29-21-28(26-9-3-4-10-27(26)34(29)37)23-13-15-24(16-14-23)35-36-30-11-5-6-12-32(30)39-35/h1-18,20-21H,19H2. The molecule has 0 saturated heterocycles. The average Bonchev–Trinajstić information content (AvgIpc) is 3.57. The van der Waals surface area contributed by atoms with E-state index in [1.165, 1.54) is 16.2 Å². The molecular formula is C35H22N2O2. The summed E-state index contributed by atoms with van der Waals surface area (Å²) in [6, 6.07) is 39.8. The molecule has 39 heavy (non-hydrogen) atoms. The molecule has 0 aliphatic carbocycles. The molecule has 0 atom stereocenters. The summed E-state index contributed by atoms with van der Waals surface area (Å²) in [4.78, 5) is 16.5. The molecule has 0 radical (unpaired) electrons. The lowest BCUT2D eigenvalue weighted by molar-refractivity contribution is -0.108. The number of aromatic nitrogens is 2. The Kier molecular flexibility index (Phi) is 4.70. The highest BCUT2D eigenvalue weighted by atomic mass is 16.3. The minimum atomic E-state index is 0.306. The number of fused-ring (bicyclic) bond motifs is 8. The van der Waals surface area contributed by atoms with Gasteiger partial charge in [0.25, 0.3) is 0 Å². The van der Waals surface area contributed by atoms with Gasteiger partial charge in [-0.1, -0.05) is 78.9 Å². The zero-order chi connectivity index (χ0) is 25.9. The number of hydrogen-bond acceptors (Lipinski definition) is 3. The molecule has 0 spiro atoms. The Bertz CT molecular complexity index is 2190. The Morgan fingerprint density at radius 3 is 2.23 bits per heavy atom. The van der Waals surface area contributed by atoms with Crippen molar-refractivity contribution in [3.63, 3.8) is 0 Å². The number of rotatable bonds is 4. The fraction of sp³-hybridized carbons (Fsp3) is 0.0286. The molecule has 2 heterocycles. The van der Waals surface area contributed by atoms with E-state index in [-0.39, 0.29) is 0 Å². The first-order chi connectivity index (χ1) is 19.3. The van der Waals surface area contributed by atoms with Crippen molar-refractivity contribution in [2.24, 2.45) is 0 Å². The summed E-state index contributed by atoms with van der Waals surface area (Å²) in [6.45, 7) is 0.306. The zero-order valence-corrected chi connectivity index (χ0v) is 21.0. The quantitative estimate of drug-likeness (QED) is 0.226. The van der Waals surface area contributed by atoms with Crippen molar-refractivity contribution in [1.29, 1.82) is 0 Å². The van der Waals surface area contributed by atoms with Gasteiger partial charge in [0.1, 0.15) is 11.8 Å². The molecule has 4 heteroatoms. The topological polar surface area (TPSA) is 48.0 Å². The van der Waals surface area contributed by atoms with Crippen molar-refractivity contribution >= 4 is 60.7 Å². The van der Waals surface area contributed by atoms with E-state index in [4.69, 9.17) is 4.42 Å². The number of para-hydroxylation sites is 2. The van der Waals surface area contributed by atoms with Gasteiger partial charge in [-0.15, -0.1) is 0 Å². The summed E-state index contributed by atoms with van der Waals surface area (Å²) in [5, 5.41) is 7.00. The van der Waals surface area contributed by atoms with E-state index in [0.717, 1.165) is 61.3 Å². The van der Waals surface area contributed by atoms with Gasteiger partial charge in [-0.05, 0) is 63.7 Å². The lowest BCUT2D eigenvalue weighted by atomic mass is 9.94. The number of nitrogens with zero attached hydrogens (tertiary/aromatic N) is 2. The first-order valence-corrected chi connectivity index (χ1v) is 13.1. The van der Waals surface area contributed by atoms with E-state index < -0.39 is 0 Å². The van der Waals surface area contributed by atoms with Crippen LogP contribution in [0.5, 0.6) is 0 Å². The first-order valence-electron chi connectivity index (χ1n) is 13.1. The van der Waals surface area contributed by atoms with Gasteiger partial charge in [0.2, 0.25) is 5.89 Å². The lowest BCUT2D eigenvalue weighted by Crippen LogP contribution is -1.99. The van der Waals surface area contributed by atoms with Gasteiger partial charge in [-0.2, -0.15) is 0 Å². The fourth-order valence-electron chi connectivity index (χ4n) is 6.02. The van der Waals surface area contributed by atoms with Crippen LogP contribution < -0.4 is 0 Å². The van der Waals surface area contributed by atoms with Gasteiger partial charge < -0.3 is 13.8 Å². The monoisotopic (exact) mass is 502 g/mol. The Morgan fingerprint density at radius 1 is 0.692 bits per heavy atom. The first kappa shape index (κ1) is 21.8. The molecule has 0 aliphatic rings. The summed E-state index contributed by atoms with van der Waals surface area (Å²) >= 11 is 0. The zero-order valence-electron chi connectivity index (χ0n) is 21.0. The van der Waals surface area contributed by atoms with Crippen LogP contribution in [-0.2, 0) is 11.3 Å². The second kappa shape index (κ2) is 8.40. The van der Waals surface area contributed by atoms with Crippen molar-refractivity contribution in [2.45, 2.75) is 6.54 Å². The van der Waals surface area contributed by atoms with E-state index in [1.54, 1.807) is 0 Å². The highest BCUT2D eigenvalue weighted by Crippen LogP contribution is 2.42. The molecule has 0 amide bonds. The van der Waals surface area contributed by atoms with Crippen LogP contribution in [0.25, 0.3) is 77.0 Å². The Morgan fingerprint density at radius 2 is 1.41 bits per heavy atom. The molecule has 0 aliphatic heterocycles. The van der Waals surface area contributed by atoms with Gasteiger partial charge in [0.05, 0.1) is 17.6 Å². The second-order valence-electron chi connectivity index (χ2n) is 9.89. The van der Waals surface area contributed by atoms with Crippen LogP contribution in [0.15, 0.2) is 120 Å². The molecule has 6 aromatic carbocycles. The molecule has 184 valence electrons. The van der Waals surface area contributed by atoms with Crippen LogP contribution in [0.3, 0.4) is 0 Å². The van der Waals surface area contributed by atoms with Gasteiger partial charge in [0, 0.05) is 21.7 Å². The molecule has 4 nitrogen and oxygen atoms in total. The summed E-state index contributed by atoms with van der Waals surface area (Å²) in [5.74, 6) is 0.617.